The third-order valence-electron chi connectivity index (χ3n) is 3.25. The Morgan fingerprint density at radius 3 is 2.75 bits per heavy atom. The van der Waals surface area contributed by atoms with Gasteiger partial charge in [-0.1, -0.05) is 27.6 Å². The summed E-state index contributed by atoms with van der Waals surface area (Å²) in [4.78, 5) is 15.7. The lowest BCUT2D eigenvalue weighted by molar-refractivity contribution is 0.103. The largest absolute Gasteiger partial charge is 0.360 e. The predicted molar refractivity (Wildman–Crippen MR) is 80.6 cm³/mol. The topological polar surface area (TPSA) is 32.9 Å². The monoisotopic (exact) mass is 331 g/mol. The van der Waals surface area contributed by atoms with Crippen LogP contribution in [-0.2, 0) is 0 Å². The Balaban J connectivity index is 2.17. The van der Waals surface area contributed by atoms with E-state index in [2.05, 4.69) is 20.9 Å². The first-order chi connectivity index (χ1) is 9.56. The smallest absolute Gasteiger partial charge is 0.196 e. The summed E-state index contributed by atoms with van der Waals surface area (Å²) in [6.45, 7) is 1.97. The molecule has 0 aliphatic rings. The number of aromatic nitrogens is 1. The zero-order valence-electron chi connectivity index (χ0n) is 10.7. The van der Waals surface area contributed by atoms with E-state index in [9.17, 15) is 9.18 Å². The summed E-state index contributed by atoms with van der Waals surface area (Å²) in [6, 6.07) is 9.98. The number of carbonyl (C=O) groups is 1. The number of halogens is 2. The molecule has 100 valence electrons. The van der Waals surface area contributed by atoms with Gasteiger partial charge in [-0.3, -0.25) is 4.79 Å². The fourth-order valence-electron chi connectivity index (χ4n) is 2.24. The molecule has 3 aromatic rings. The minimum Gasteiger partial charge on any atom is -0.360 e. The number of rotatable bonds is 2. The number of hydrogen-bond donors (Lipinski definition) is 1. The Labute approximate surface area is 123 Å². The first-order valence-corrected chi connectivity index (χ1v) is 6.93. The molecule has 0 aliphatic carbocycles. The van der Waals surface area contributed by atoms with E-state index in [0.717, 1.165) is 16.5 Å². The molecule has 3 rings (SSSR count). The highest BCUT2D eigenvalue weighted by atomic mass is 79.9. The second-order valence-electron chi connectivity index (χ2n) is 4.70. The molecule has 2 nitrogen and oxygen atoms in total. The van der Waals surface area contributed by atoms with Gasteiger partial charge in [-0.2, -0.15) is 0 Å². The molecule has 0 radical (unpaired) electrons. The van der Waals surface area contributed by atoms with E-state index >= 15 is 0 Å². The molecule has 2 aromatic carbocycles. The van der Waals surface area contributed by atoms with Crippen molar-refractivity contribution in [3.63, 3.8) is 0 Å². The average Bonchev–Trinajstić information content (AvgIpc) is 2.83. The van der Waals surface area contributed by atoms with Crippen LogP contribution in [0.1, 0.15) is 21.5 Å². The van der Waals surface area contributed by atoms with E-state index in [-0.39, 0.29) is 5.78 Å². The molecular weight excluding hydrogens is 321 g/mol. The van der Waals surface area contributed by atoms with Crippen LogP contribution in [-0.4, -0.2) is 10.8 Å². The molecule has 0 saturated heterocycles. The predicted octanol–water partition coefficient (Wildman–Crippen LogP) is 4.61. The summed E-state index contributed by atoms with van der Waals surface area (Å²) in [5, 5.41) is 0.853. The molecule has 0 saturated carbocycles. The summed E-state index contributed by atoms with van der Waals surface area (Å²) < 4.78 is 13.9. The van der Waals surface area contributed by atoms with E-state index in [1.165, 1.54) is 12.1 Å². The summed E-state index contributed by atoms with van der Waals surface area (Å²) >= 11 is 3.30. The van der Waals surface area contributed by atoms with Crippen molar-refractivity contribution < 1.29 is 9.18 Å². The zero-order chi connectivity index (χ0) is 14.3. The number of carbonyl (C=O) groups excluding carboxylic acids is 1. The fraction of sp³-hybridized carbons (Fsp3) is 0.0625. The second kappa shape index (κ2) is 4.87. The van der Waals surface area contributed by atoms with Crippen LogP contribution in [0, 0.1) is 12.7 Å². The van der Waals surface area contributed by atoms with Crippen LogP contribution in [0.25, 0.3) is 10.9 Å². The SMILES string of the molecule is Cc1ccc2[nH]cc(C(=O)c3cc(F)ccc3Br)c2c1. The van der Waals surface area contributed by atoms with Crippen molar-refractivity contribution in [3.8, 4) is 0 Å². The van der Waals surface area contributed by atoms with Crippen LogP contribution in [0.4, 0.5) is 4.39 Å². The number of H-pyrrole nitrogens is 1. The molecule has 1 N–H and O–H groups in total. The molecule has 0 unspecified atom stereocenters. The molecule has 1 aromatic heterocycles. The maximum absolute atomic E-state index is 13.3. The number of nitrogens with one attached hydrogen (secondary N) is 1. The minimum absolute atomic E-state index is 0.201. The Kier molecular flexibility index (Phi) is 3.18. The van der Waals surface area contributed by atoms with Crippen LogP contribution in [0.3, 0.4) is 0 Å². The molecular formula is C16H11BrFNO. The van der Waals surface area contributed by atoms with Crippen molar-refractivity contribution in [2.24, 2.45) is 0 Å². The highest BCUT2D eigenvalue weighted by Crippen LogP contribution is 2.26. The Hall–Kier alpha value is -1.94. The van der Waals surface area contributed by atoms with E-state index in [0.29, 0.717) is 15.6 Å². The minimum atomic E-state index is -0.424. The van der Waals surface area contributed by atoms with Gasteiger partial charge in [0.15, 0.2) is 5.78 Å². The maximum Gasteiger partial charge on any atom is 0.196 e. The van der Waals surface area contributed by atoms with Gasteiger partial charge >= 0.3 is 0 Å². The number of aryl methyl sites for hydroxylation is 1. The van der Waals surface area contributed by atoms with Crippen molar-refractivity contribution in [1.29, 1.82) is 0 Å². The van der Waals surface area contributed by atoms with E-state index in [1.54, 1.807) is 12.3 Å². The third kappa shape index (κ3) is 2.16. The number of aromatic amines is 1. The van der Waals surface area contributed by atoms with Gasteiger partial charge in [-0.15, -0.1) is 0 Å². The van der Waals surface area contributed by atoms with Crippen molar-refractivity contribution in [2.75, 3.05) is 0 Å². The molecule has 0 bridgehead atoms. The van der Waals surface area contributed by atoms with Crippen LogP contribution >= 0.6 is 15.9 Å². The van der Waals surface area contributed by atoms with Crippen molar-refractivity contribution >= 4 is 32.6 Å². The van der Waals surface area contributed by atoms with Gasteiger partial charge in [0.1, 0.15) is 5.82 Å². The van der Waals surface area contributed by atoms with Crippen molar-refractivity contribution in [1.82, 2.24) is 4.98 Å². The van der Waals surface area contributed by atoms with Gasteiger partial charge in [-0.05, 0) is 37.3 Å². The quantitative estimate of drug-likeness (QED) is 0.683. The average molecular weight is 332 g/mol. The van der Waals surface area contributed by atoms with Crippen LogP contribution < -0.4 is 0 Å². The molecule has 4 heteroatoms. The molecule has 0 spiro atoms. The highest BCUT2D eigenvalue weighted by molar-refractivity contribution is 9.10. The molecule has 1 heterocycles. The third-order valence-corrected chi connectivity index (χ3v) is 3.95. The normalized spacial score (nSPS) is 10.9. The van der Waals surface area contributed by atoms with Gasteiger partial charge in [0.25, 0.3) is 0 Å². The molecule has 0 fully saturated rings. The van der Waals surface area contributed by atoms with Gasteiger partial charge in [0.05, 0.1) is 0 Å². The van der Waals surface area contributed by atoms with E-state index in [1.807, 2.05) is 25.1 Å². The number of benzene rings is 2. The van der Waals surface area contributed by atoms with Crippen molar-refractivity contribution in [2.45, 2.75) is 6.92 Å². The lowest BCUT2D eigenvalue weighted by Gasteiger charge is -2.03. The Morgan fingerprint density at radius 2 is 1.95 bits per heavy atom. The fourth-order valence-corrected chi connectivity index (χ4v) is 2.67. The van der Waals surface area contributed by atoms with Crippen LogP contribution in [0.15, 0.2) is 47.1 Å². The lowest BCUT2D eigenvalue weighted by Crippen LogP contribution is -2.02. The number of hydrogen-bond acceptors (Lipinski definition) is 1. The highest BCUT2D eigenvalue weighted by Gasteiger charge is 2.17. The summed E-state index contributed by atoms with van der Waals surface area (Å²) in [7, 11) is 0. The van der Waals surface area contributed by atoms with Gasteiger partial charge < -0.3 is 4.98 Å². The lowest BCUT2D eigenvalue weighted by atomic mass is 10.0. The van der Waals surface area contributed by atoms with E-state index < -0.39 is 5.82 Å². The molecule has 0 aliphatic heterocycles. The standard InChI is InChI=1S/C16H11BrFNO/c1-9-2-5-15-11(6-9)13(8-19-15)16(20)12-7-10(18)3-4-14(12)17/h2-8,19H,1H3. The maximum atomic E-state index is 13.3. The zero-order valence-corrected chi connectivity index (χ0v) is 12.3. The summed E-state index contributed by atoms with van der Waals surface area (Å²) in [6.07, 6.45) is 1.67. The molecule has 20 heavy (non-hydrogen) atoms. The Bertz CT molecular complexity index is 822. The van der Waals surface area contributed by atoms with Crippen LogP contribution in [0.2, 0.25) is 0 Å². The molecule has 0 amide bonds. The van der Waals surface area contributed by atoms with Gasteiger partial charge in [0, 0.05) is 32.7 Å². The van der Waals surface area contributed by atoms with Crippen LogP contribution in [0.5, 0.6) is 0 Å². The van der Waals surface area contributed by atoms with Gasteiger partial charge in [0.2, 0.25) is 0 Å². The number of ketones is 1. The van der Waals surface area contributed by atoms with E-state index in [4.69, 9.17) is 0 Å². The first-order valence-electron chi connectivity index (χ1n) is 6.14. The first kappa shape index (κ1) is 13.1. The number of fused-ring (bicyclic) bond motifs is 1. The summed E-state index contributed by atoms with van der Waals surface area (Å²) in [5.74, 6) is -0.624. The second-order valence-corrected chi connectivity index (χ2v) is 5.56. The van der Waals surface area contributed by atoms with Gasteiger partial charge in [-0.25, -0.2) is 4.39 Å². The summed E-state index contributed by atoms with van der Waals surface area (Å²) in [5.41, 5.74) is 2.85. The molecule has 0 atom stereocenters. The Morgan fingerprint density at radius 1 is 1.15 bits per heavy atom. The van der Waals surface area contributed by atoms with Crippen molar-refractivity contribution in [3.05, 3.63) is 69.6 Å².